The molecule has 0 heterocycles. The molecule has 0 aromatic heterocycles. The normalized spacial score (nSPS) is 16.5. The maximum atomic E-state index is 12.4. The maximum Gasteiger partial charge on any atom is 0.406 e. The molecule has 0 fully saturated rings. The third kappa shape index (κ3) is 1.93. The molecule has 0 aliphatic carbocycles. The SMILES string of the molecule is CCC(CN)(C(=O)OC)C(F)(F)F. The standard InChI is InChI=1S/C7H12F3NO2/c1-3-6(4-11,5(12)13-2)7(8,9)10/h3-4,11H2,1-2H3. The summed E-state index contributed by atoms with van der Waals surface area (Å²) in [5, 5.41) is 0. The summed E-state index contributed by atoms with van der Waals surface area (Å²) in [6, 6.07) is 0. The van der Waals surface area contributed by atoms with E-state index in [0.717, 1.165) is 7.11 Å². The lowest BCUT2D eigenvalue weighted by Gasteiger charge is -2.30. The van der Waals surface area contributed by atoms with Crippen LogP contribution in [0.4, 0.5) is 13.2 Å². The Morgan fingerprint density at radius 1 is 1.46 bits per heavy atom. The molecule has 6 heteroatoms. The van der Waals surface area contributed by atoms with E-state index in [1.165, 1.54) is 6.92 Å². The Hall–Kier alpha value is -0.780. The van der Waals surface area contributed by atoms with Crippen molar-refractivity contribution in [2.75, 3.05) is 13.7 Å². The molecule has 0 bridgehead atoms. The van der Waals surface area contributed by atoms with Gasteiger partial charge in [-0.25, -0.2) is 0 Å². The van der Waals surface area contributed by atoms with E-state index in [4.69, 9.17) is 5.73 Å². The highest BCUT2D eigenvalue weighted by atomic mass is 19.4. The molecule has 1 atom stereocenters. The number of halogens is 3. The van der Waals surface area contributed by atoms with Gasteiger partial charge in [0.05, 0.1) is 7.11 Å². The summed E-state index contributed by atoms with van der Waals surface area (Å²) in [4.78, 5) is 10.9. The second-order valence-corrected chi connectivity index (χ2v) is 2.63. The summed E-state index contributed by atoms with van der Waals surface area (Å²) in [5.41, 5.74) is 2.41. The highest BCUT2D eigenvalue weighted by molar-refractivity contribution is 5.78. The van der Waals surface area contributed by atoms with E-state index in [0.29, 0.717) is 0 Å². The van der Waals surface area contributed by atoms with Crippen LogP contribution in [0.2, 0.25) is 0 Å². The Labute approximate surface area is 74.0 Å². The molecule has 0 saturated carbocycles. The lowest BCUT2D eigenvalue weighted by atomic mass is 9.84. The van der Waals surface area contributed by atoms with E-state index >= 15 is 0 Å². The van der Waals surface area contributed by atoms with Crippen LogP contribution < -0.4 is 5.73 Å². The van der Waals surface area contributed by atoms with Crippen molar-refractivity contribution in [1.82, 2.24) is 0 Å². The molecule has 1 unspecified atom stereocenters. The van der Waals surface area contributed by atoms with Crippen LogP contribution in [0.3, 0.4) is 0 Å². The van der Waals surface area contributed by atoms with Gasteiger partial charge in [-0.05, 0) is 6.42 Å². The summed E-state index contributed by atoms with van der Waals surface area (Å²) >= 11 is 0. The van der Waals surface area contributed by atoms with Gasteiger partial charge < -0.3 is 10.5 Å². The van der Waals surface area contributed by atoms with Crippen LogP contribution in [0.5, 0.6) is 0 Å². The summed E-state index contributed by atoms with van der Waals surface area (Å²) in [6.45, 7) is 0.455. The van der Waals surface area contributed by atoms with Crippen molar-refractivity contribution in [3.63, 3.8) is 0 Å². The van der Waals surface area contributed by atoms with Gasteiger partial charge in [-0.15, -0.1) is 0 Å². The molecule has 0 amide bonds. The molecular formula is C7H12F3NO2. The van der Waals surface area contributed by atoms with Crippen molar-refractivity contribution in [2.45, 2.75) is 19.5 Å². The largest absolute Gasteiger partial charge is 0.468 e. The predicted octanol–water partition coefficient (Wildman–Crippen LogP) is 1.08. The number of nitrogens with two attached hydrogens (primary N) is 1. The van der Waals surface area contributed by atoms with Crippen LogP contribution in [0.15, 0.2) is 0 Å². The molecule has 78 valence electrons. The molecule has 0 aliphatic rings. The first-order chi connectivity index (χ1) is 5.85. The van der Waals surface area contributed by atoms with Crippen LogP contribution in [-0.4, -0.2) is 25.8 Å². The topological polar surface area (TPSA) is 52.3 Å². The molecule has 0 spiro atoms. The molecule has 0 rings (SSSR count). The number of carbonyl (C=O) groups is 1. The van der Waals surface area contributed by atoms with Gasteiger partial charge in [-0.3, -0.25) is 4.79 Å². The van der Waals surface area contributed by atoms with Crippen molar-refractivity contribution in [3.8, 4) is 0 Å². The Morgan fingerprint density at radius 3 is 2.00 bits per heavy atom. The molecule has 0 aliphatic heterocycles. The van der Waals surface area contributed by atoms with Gasteiger partial charge in [-0.1, -0.05) is 6.92 Å². The summed E-state index contributed by atoms with van der Waals surface area (Å²) in [6.07, 6.45) is -5.08. The van der Waals surface area contributed by atoms with Crippen LogP contribution in [-0.2, 0) is 9.53 Å². The highest BCUT2D eigenvalue weighted by Crippen LogP contribution is 2.41. The minimum atomic E-state index is -4.66. The van der Waals surface area contributed by atoms with Crippen LogP contribution in [0, 0.1) is 5.41 Å². The van der Waals surface area contributed by atoms with Gasteiger partial charge in [0.1, 0.15) is 0 Å². The van der Waals surface area contributed by atoms with E-state index in [1.54, 1.807) is 0 Å². The Bertz CT molecular complexity index is 187. The monoisotopic (exact) mass is 199 g/mol. The quantitative estimate of drug-likeness (QED) is 0.692. The third-order valence-corrected chi connectivity index (χ3v) is 2.07. The lowest BCUT2D eigenvalue weighted by molar-refractivity contribution is -0.231. The van der Waals surface area contributed by atoms with Gasteiger partial charge in [0, 0.05) is 6.54 Å². The number of carbonyl (C=O) groups excluding carboxylic acids is 1. The number of hydrogen-bond donors (Lipinski definition) is 1. The summed E-state index contributed by atoms with van der Waals surface area (Å²) in [5.74, 6) is -1.33. The molecule has 0 saturated heterocycles. The van der Waals surface area contributed by atoms with Crippen LogP contribution in [0.25, 0.3) is 0 Å². The average Bonchev–Trinajstić information content (AvgIpc) is 2.04. The molecule has 0 radical (unpaired) electrons. The van der Waals surface area contributed by atoms with Gasteiger partial charge >= 0.3 is 12.1 Å². The fourth-order valence-electron chi connectivity index (χ4n) is 0.999. The van der Waals surface area contributed by atoms with Crippen LogP contribution in [0.1, 0.15) is 13.3 Å². The highest BCUT2D eigenvalue weighted by Gasteiger charge is 2.59. The summed E-state index contributed by atoms with van der Waals surface area (Å²) in [7, 11) is 0.911. The minimum absolute atomic E-state index is 0.417. The van der Waals surface area contributed by atoms with Crippen molar-refractivity contribution < 1.29 is 22.7 Å². The zero-order valence-corrected chi connectivity index (χ0v) is 7.44. The van der Waals surface area contributed by atoms with Gasteiger partial charge in [0.25, 0.3) is 0 Å². The minimum Gasteiger partial charge on any atom is -0.468 e. The fraction of sp³-hybridized carbons (Fsp3) is 0.857. The Balaban J connectivity index is 5.03. The third-order valence-electron chi connectivity index (χ3n) is 2.07. The molecule has 0 aromatic rings. The van der Waals surface area contributed by atoms with Gasteiger partial charge in [0.2, 0.25) is 0 Å². The zero-order valence-electron chi connectivity index (χ0n) is 7.44. The van der Waals surface area contributed by atoms with Crippen molar-refractivity contribution in [1.29, 1.82) is 0 Å². The van der Waals surface area contributed by atoms with Gasteiger partial charge in [0.15, 0.2) is 5.41 Å². The second-order valence-electron chi connectivity index (χ2n) is 2.63. The van der Waals surface area contributed by atoms with Crippen molar-refractivity contribution >= 4 is 5.97 Å². The molecule has 3 nitrogen and oxygen atoms in total. The van der Waals surface area contributed by atoms with Crippen molar-refractivity contribution in [3.05, 3.63) is 0 Å². The first-order valence-corrected chi connectivity index (χ1v) is 3.71. The number of rotatable bonds is 3. The molecule has 0 aromatic carbocycles. The zero-order chi connectivity index (χ0) is 10.7. The van der Waals surface area contributed by atoms with E-state index in [9.17, 15) is 18.0 Å². The number of alkyl halides is 3. The predicted molar refractivity (Wildman–Crippen MR) is 39.8 cm³/mol. The first-order valence-electron chi connectivity index (χ1n) is 3.71. The van der Waals surface area contributed by atoms with E-state index in [1.807, 2.05) is 0 Å². The van der Waals surface area contributed by atoms with E-state index in [2.05, 4.69) is 4.74 Å². The van der Waals surface area contributed by atoms with E-state index in [-0.39, 0.29) is 0 Å². The van der Waals surface area contributed by atoms with Crippen LogP contribution >= 0.6 is 0 Å². The molecule has 13 heavy (non-hydrogen) atoms. The summed E-state index contributed by atoms with van der Waals surface area (Å²) < 4.78 is 41.4. The lowest BCUT2D eigenvalue weighted by Crippen LogP contribution is -2.50. The molecular weight excluding hydrogens is 187 g/mol. The second kappa shape index (κ2) is 3.95. The Morgan fingerprint density at radius 2 is 1.92 bits per heavy atom. The number of methoxy groups -OCH3 is 1. The van der Waals surface area contributed by atoms with Crippen molar-refractivity contribution in [2.24, 2.45) is 11.1 Å². The molecule has 2 N–H and O–H groups in total. The number of ether oxygens (including phenoxy) is 1. The number of hydrogen-bond acceptors (Lipinski definition) is 3. The maximum absolute atomic E-state index is 12.4. The number of esters is 1. The first kappa shape index (κ1) is 12.2. The Kier molecular flexibility index (Phi) is 3.71. The van der Waals surface area contributed by atoms with E-state index < -0.39 is 30.5 Å². The van der Waals surface area contributed by atoms with Gasteiger partial charge in [-0.2, -0.15) is 13.2 Å². The average molecular weight is 199 g/mol. The fourth-order valence-corrected chi connectivity index (χ4v) is 0.999. The smallest absolute Gasteiger partial charge is 0.406 e.